The van der Waals surface area contributed by atoms with E-state index in [1.165, 1.54) is 5.01 Å². The van der Waals surface area contributed by atoms with E-state index in [0.717, 1.165) is 30.5 Å². The molecule has 0 spiro atoms. The Morgan fingerprint density at radius 2 is 1.79 bits per heavy atom. The molecule has 2 amide bonds. The Labute approximate surface area is 143 Å². The Hall–Kier alpha value is -2.17. The summed E-state index contributed by atoms with van der Waals surface area (Å²) >= 11 is 0. The van der Waals surface area contributed by atoms with Crippen LogP contribution in [0, 0.1) is 6.92 Å². The maximum atomic E-state index is 13.0. The molecular weight excluding hydrogens is 302 g/mol. The minimum absolute atomic E-state index is 0.0132. The molecule has 0 aliphatic carbocycles. The third kappa shape index (κ3) is 3.07. The minimum Gasteiger partial charge on any atom is -0.332 e. The number of piperidine rings is 1. The first-order chi connectivity index (χ1) is 11.5. The van der Waals surface area contributed by atoms with Gasteiger partial charge in [-0.05, 0) is 51.7 Å². The Morgan fingerprint density at radius 3 is 2.46 bits per heavy atom. The molecule has 1 saturated heterocycles. The number of nitrogens with zero attached hydrogens (tertiary/aromatic N) is 3. The van der Waals surface area contributed by atoms with Gasteiger partial charge in [-0.3, -0.25) is 9.59 Å². The normalized spacial score (nSPS) is 24.8. The van der Waals surface area contributed by atoms with Crippen LogP contribution in [0.4, 0.5) is 5.69 Å². The van der Waals surface area contributed by atoms with Crippen molar-refractivity contribution in [2.24, 2.45) is 5.10 Å². The van der Waals surface area contributed by atoms with Crippen LogP contribution in [-0.2, 0) is 9.59 Å². The standard InChI is InChI=1S/C19H25N3O2/c1-13-7-4-5-10-17(13)22-18(23)12-11-16(20-22)19(24)21-14(2)8-6-9-15(21)3/h4-5,7,10,14-15H,6,8-9,11-12H2,1-3H3/t14-,15-/m0/s1. The molecule has 2 heterocycles. The molecule has 0 N–H and O–H groups in total. The van der Waals surface area contributed by atoms with Crippen LogP contribution in [0.15, 0.2) is 29.4 Å². The van der Waals surface area contributed by atoms with Gasteiger partial charge in [0.05, 0.1) is 5.69 Å². The lowest BCUT2D eigenvalue weighted by Gasteiger charge is -2.39. The number of benzene rings is 1. The van der Waals surface area contributed by atoms with Gasteiger partial charge >= 0.3 is 0 Å². The lowest BCUT2D eigenvalue weighted by molar-refractivity contribution is -0.130. The minimum atomic E-state index is -0.0550. The predicted octanol–water partition coefficient (Wildman–Crippen LogP) is 3.27. The van der Waals surface area contributed by atoms with E-state index in [0.29, 0.717) is 18.6 Å². The molecule has 0 saturated carbocycles. The highest BCUT2D eigenvalue weighted by Gasteiger charge is 2.34. The molecule has 2 aliphatic heterocycles. The van der Waals surface area contributed by atoms with Crippen molar-refractivity contribution in [3.05, 3.63) is 29.8 Å². The summed E-state index contributed by atoms with van der Waals surface area (Å²) in [7, 11) is 0. The van der Waals surface area contributed by atoms with E-state index >= 15 is 0 Å². The molecule has 0 aromatic heterocycles. The molecule has 1 fully saturated rings. The molecule has 5 nitrogen and oxygen atoms in total. The zero-order valence-electron chi connectivity index (χ0n) is 14.7. The second-order valence-corrected chi connectivity index (χ2v) is 6.88. The first kappa shape index (κ1) is 16.7. The summed E-state index contributed by atoms with van der Waals surface area (Å²) in [5.74, 6) is -0.0682. The van der Waals surface area contributed by atoms with Gasteiger partial charge in [0.2, 0.25) is 5.91 Å². The summed E-state index contributed by atoms with van der Waals surface area (Å²) in [5.41, 5.74) is 2.23. The number of amides is 2. The Bertz CT molecular complexity index is 673. The number of aryl methyl sites for hydroxylation is 1. The molecule has 1 aromatic carbocycles. The summed E-state index contributed by atoms with van der Waals surface area (Å²) < 4.78 is 0. The van der Waals surface area contributed by atoms with Gasteiger partial charge in [-0.15, -0.1) is 0 Å². The van der Waals surface area contributed by atoms with Gasteiger partial charge in [0.15, 0.2) is 0 Å². The van der Waals surface area contributed by atoms with Gasteiger partial charge in [0, 0.05) is 24.9 Å². The summed E-state index contributed by atoms with van der Waals surface area (Å²) in [6.45, 7) is 6.14. The maximum absolute atomic E-state index is 13.0. The van der Waals surface area contributed by atoms with Gasteiger partial charge in [-0.25, -0.2) is 5.01 Å². The Balaban J connectivity index is 1.90. The number of hydrazone groups is 1. The molecule has 24 heavy (non-hydrogen) atoms. The molecule has 5 heteroatoms. The van der Waals surface area contributed by atoms with Crippen molar-refractivity contribution in [1.82, 2.24) is 4.90 Å². The van der Waals surface area contributed by atoms with Crippen LogP contribution in [0.3, 0.4) is 0 Å². The third-order valence-corrected chi connectivity index (χ3v) is 5.05. The molecule has 128 valence electrons. The molecular formula is C19H25N3O2. The zero-order valence-corrected chi connectivity index (χ0v) is 14.7. The molecule has 2 atom stereocenters. The van der Waals surface area contributed by atoms with Crippen LogP contribution in [0.5, 0.6) is 0 Å². The van der Waals surface area contributed by atoms with E-state index < -0.39 is 0 Å². The summed E-state index contributed by atoms with van der Waals surface area (Å²) in [6.07, 6.45) is 3.98. The quantitative estimate of drug-likeness (QED) is 0.837. The first-order valence-electron chi connectivity index (χ1n) is 8.77. The SMILES string of the molecule is Cc1ccccc1N1N=C(C(=O)N2[C@@H](C)CCC[C@@H]2C)CCC1=O. The van der Waals surface area contributed by atoms with Crippen molar-refractivity contribution >= 4 is 23.2 Å². The topological polar surface area (TPSA) is 53.0 Å². The fourth-order valence-corrected chi connectivity index (χ4v) is 3.67. The molecule has 0 bridgehead atoms. The first-order valence-corrected chi connectivity index (χ1v) is 8.77. The fourth-order valence-electron chi connectivity index (χ4n) is 3.67. The average Bonchev–Trinajstić information content (AvgIpc) is 2.56. The number of carbonyl (C=O) groups excluding carboxylic acids is 2. The van der Waals surface area contributed by atoms with Crippen LogP contribution in [-0.4, -0.2) is 34.5 Å². The highest BCUT2D eigenvalue weighted by molar-refractivity contribution is 6.40. The van der Waals surface area contributed by atoms with Crippen molar-refractivity contribution in [2.75, 3.05) is 5.01 Å². The molecule has 1 aromatic rings. The van der Waals surface area contributed by atoms with Gasteiger partial charge in [-0.1, -0.05) is 18.2 Å². The summed E-state index contributed by atoms with van der Waals surface area (Å²) in [6, 6.07) is 8.09. The van der Waals surface area contributed by atoms with E-state index in [1.807, 2.05) is 36.1 Å². The lowest BCUT2D eigenvalue weighted by Crippen LogP contribution is -2.51. The monoisotopic (exact) mass is 327 g/mol. The second-order valence-electron chi connectivity index (χ2n) is 6.88. The highest BCUT2D eigenvalue weighted by Crippen LogP contribution is 2.27. The second kappa shape index (κ2) is 6.75. The largest absolute Gasteiger partial charge is 0.332 e. The van der Waals surface area contributed by atoms with Gasteiger partial charge < -0.3 is 4.90 Å². The zero-order chi connectivity index (χ0) is 17.3. The maximum Gasteiger partial charge on any atom is 0.270 e. The van der Waals surface area contributed by atoms with E-state index in [2.05, 4.69) is 18.9 Å². The molecule has 0 unspecified atom stereocenters. The van der Waals surface area contributed by atoms with Crippen LogP contribution >= 0.6 is 0 Å². The van der Waals surface area contributed by atoms with Crippen molar-refractivity contribution in [3.63, 3.8) is 0 Å². The highest BCUT2D eigenvalue weighted by atomic mass is 16.2. The third-order valence-electron chi connectivity index (χ3n) is 5.05. The van der Waals surface area contributed by atoms with Crippen molar-refractivity contribution in [2.45, 2.75) is 65.0 Å². The van der Waals surface area contributed by atoms with Crippen molar-refractivity contribution < 1.29 is 9.59 Å². The Morgan fingerprint density at radius 1 is 1.12 bits per heavy atom. The average molecular weight is 327 g/mol. The summed E-state index contributed by atoms with van der Waals surface area (Å²) in [5, 5.41) is 5.86. The molecule has 3 rings (SSSR count). The number of likely N-dealkylation sites (tertiary alicyclic amines) is 1. The number of hydrogen-bond acceptors (Lipinski definition) is 3. The van der Waals surface area contributed by atoms with E-state index in [-0.39, 0.29) is 23.9 Å². The molecule has 2 aliphatic rings. The van der Waals surface area contributed by atoms with Crippen LogP contribution in [0.1, 0.15) is 51.5 Å². The van der Waals surface area contributed by atoms with E-state index in [9.17, 15) is 9.59 Å². The smallest absolute Gasteiger partial charge is 0.270 e. The van der Waals surface area contributed by atoms with Crippen LogP contribution in [0.2, 0.25) is 0 Å². The fraction of sp³-hybridized carbons (Fsp3) is 0.526. The summed E-state index contributed by atoms with van der Waals surface area (Å²) in [4.78, 5) is 27.3. The number of rotatable bonds is 2. The van der Waals surface area contributed by atoms with Crippen LogP contribution in [0.25, 0.3) is 0 Å². The lowest BCUT2D eigenvalue weighted by atomic mass is 9.96. The molecule has 0 radical (unpaired) electrons. The van der Waals surface area contributed by atoms with Gasteiger partial charge in [0.1, 0.15) is 5.71 Å². The van der Waals surface area contributed by atoms with Crippen molar-refractivity contribution in [1.29, 1.82) is 0 Å². The Kier molecular flexibility index (Phi) is 4.69. The number of para-hydroxylation sites is 1. The number of hydrogen-bond donors (Lipinski definition) is 0. The number of carbonyl (C=O) groups is 2. The van der Waals surface area contributed by atoms with Crippen molar-refractivity contribution in [3.8, 4) is 0 Å². The number of anilines is 1. The van der Waals surface area contributed by atoms with Crippen LogP contribution < -0.4 is 5.01 Å². The van der Waals surface area contributed by atoms with E-state index in [4.69, 9.17) is 0 Å². The van der Waals surface area contributed by atoms with Gasteiger partial charge in [0.25, 0.3) is 5.91 Å². The predicted molar refractivity (Wildman–Crippen MR) is 95.0 cm³/mol. The van der Waals surface area contributed by atoms with Gasteiger partial charge in [-0.2, -0.15) is 5.10 Å². The van der Waals surface area contributed by atoms with E-state index in [1.54, 1.807) is 0 Å².